The highest BCUT2D eigenvalue weighted by atomic mass is 32.2. The SMILES string of the molecule is CSCCC(N)C(=O)NC(CC(N)=O)C(=O)NC(Cc1ccc(O)cc1)C(=O)NC(C(=O)O)C(C)O. The van der Waals surface area contributed by atoms with E-state index >= 15 is 0 Å². The first-order valence-electron chi connectivity index (χ1n) is 11.0. The van der Waals surface area contributed by atoms with E-state index in [9.17, 15) is 39.3 Å². The van der Waals surface area contributed by atoms with E-state index in [1.54, 1.807) is 0 Å². The van der Waals surface area contributed by atoms with Crippen molar-refractivity contribution in [1.29, 1.82) is 0 Å². The molecule has 1 aromatic rings. The van der Waals surface area contributed by atoms with Crippen LogP contribution in [0.4, 0.5) is 0 Å². The van der Waals surface area contributed by atoms with Gasteiger partial charge in [-0.15, -0.1) is 0 Å². The number of benzene rings is 1. The summed E-state index contributed by atoms with van der Waals surface area (Å²) in [7, 11) is 0. The maximum atomic E-state index is 13.0. The molecule has 14 heteroatoms. The van der Waals surface area contributed by atoms with Gasteiger partial charge in [0.15, 0.2) is 6.04 Å². The van der Waals surface area contributed by atoms with Crippen LogP contribution in [0.1, 0.15) is 25.3 Å². The molecule has 5 unspecified atom stereocenters. The van der Waals surface area contributed by atoms with Crippen LogP contribution in [-0.2, 0) is 30.4 Å². The Bertz CT molecular complexity index is 928. The number of aliphatic carboxylic acids is 1. The minimum absolute atomic E-state index is 0.0362. The number of phenolic OH excluding ortho intramolecular Hbond substituents is 1. The zero-order valence-corrected chi connectivity index (χ0v) is 20.8. The average molecular weight is 528 g/mol. The van der Waals surface area contributed by atoms with Gasteiger partial charge in [0.2, 0.25) is 23.6 Å². The summed E-state index contributed by atoms with van der Waals surface area (Å²) in [4.78, 5) is 61.3. The number of nitrogens with one attached hydrogen (secondary N) is 3. The Kier molecular flexibility index (Phi) is 12.7. The van der Waals surface area contributed by atoms with Gasteiger partial charge in [0.05, 0.1) is 18.6 Å². The van der Waals surface area contributed by atoms with Crippen molar-refractivity contribution < 1.29 is 39.3 Å². The molecule has 0 fully saturated rings. The van der Waals surface area contributed by atoms with E-state index in [0.29, 0.717) is 17.7 Å². The van der Waals surface area contributed by atoms with Crippen LogP contribution >= 0.6 is 11.8 Å². The van der Waals surface area contributed by atoms with Crippen LogP contribution in [0.5, 0.6) is 5.75 Å². The van der Waals surface area contributed by atoms with E-state index in [2.05, 4.69) is 16.0 Å². The number of thioether (sulfide) groups is 1. The quantitative estimate of drug-likeness (QED) is 0.123. The molecule has 0 bridgehead atoms. The lowest BCUT2D eigenvalue weighted by atomic mass is 10.0. The van der Waals surface area contributed by atoms with Crippen molar-refractivity contribution >= 4 is 41.4 Å². The molecule has 1 rings (SSSR count). The number of primary amides is 1. The molecule has 0 saturated heterocycles. The summed E-state index contributed by atoms with van der Waals surface area (Å²) >= 11 is 1.47. The average Bonchev–Trinajstić information content (AvgIpc) is 2.80. The molecule has 5 atom stereocenters. The van der Waals surface area contributed by atoms with Crippen molar-refractivity contribution in [2.45, 2.75) is 56.5 Å². The molecule has 1 aromatic carbocycles. The second-order valence-corrected chi connectivity index (χ2v) is 9.10. The van der Waals surface area contributed by atoms with Crippen LogP contribution in [0.2, 0.25) is 0 Å². The molecule has 0 aliphatic carbocycles. The van der Waals surface area contributed by atoms with Gasteiger partial charge < -0.3 is 42.7 Å². The van der Waals surface area contributed by atoms with E-state index in [0.717, 1.165) is 0 Å². The van der Waals surface area contributed by atoms with Gasteiger partial charge in [-0.25, -0.2) is 4.79 Å². The lowest BCUT2D eigenvalue weighted by Crippen LogP contribution is -2.59. The molecule has 0 aliphatic heterocycles. The molecule has 0 spiro atoms. The lowest BCUT2D eigenvalue weighted by Gasteiger charge is -2.25. The predicted octanol–water partition coefficient (Wildman–Crippen LogP) is -2.19. The number of phenols is 1. The van der Waals surface area contributed by atoms with Gasteiger partial charge >= 0.3 is 5.97 Å². The van der Waals surface area contributed by atoms with Crippen molar-refractivity contribution in [3.05, 3.63) is 29.8 Å². The molecule has 4 amide bonds. The van der Waals surface area contributed by atoms with E-state index < -0.39 is 66.3 Å². The summed E-state index contributed by atoms with van der Waals surface area (Å²) in [5.41, 5.74) is 11.5. The highest BCUT2D eigenvalue weighted by Gasteiger charge is 2.32. The van der Waals surface area contributed by atoms with Gasteiger partial charge in [-0.05, 0) is 43.0 Å². The smallest absolute Gasteiger partial charge is 0.328 e. The Labute approximate surface area is 212 Å². The zero-order valence-electron chi connectivity index (χ0n) is 20.0. The second kappa shape index (κ2) is 14.9. The topological polar surface area (TPSA) is 234 Å². The highest BCUT2D eigenvalue weighted by molar-refractivity contribution is 7.98. The third kappa shape index (κ3) is 10.5. The number of amides is 4. The molecule has 0 aromatic heterocycles. The number of aliphatic hydroxyl groups is 1. The largest absolute Gasteiger partial charge is 0.508 e. The first-order chi connectivity index (χ1) is 16.8. The summed E-state index contributed by atoms with van der Waals surface area (Å²) in [5.74, 6) is -4.40. The Morgan fingerprint density at radius 3 is 2.03 bits per heavy atom. The van der Waals surface area contributed by atoms with Gasteiger partial charge in [0, 0.05) is 6.42 Å². The van der Waals surface area contributed by atoms with Crippen LogP contribution in [0.25, 0.3) is 0 Å². The van der Waals surface area contributed by atoms with E-state index in [1.165, 1.54) is 43.0 Å². The van der Waals surface area contributed by atoms with Crippen molar-refractivity contribution in [2.75, 3.05) is 12.0 Å². The Balaban J connectivity index is 3.14. The first kappa shape index (κ1) is 30.7. The summed E-state index contributed by atoms with van der Waals surface area (Å²) in [6, 6.07) is 0.253. The van der Waals surface area contributed by atoms with Crippen LogP contribution in [-0.4, -0.2) is 87.2 Å². The summed E-state index contributed by atoms with van der Waals surface area (Å²) in [6.07, 6.45) is -0.0131. The van der Waals surface area contributed by atoms with Crippen molar-refractivity contribution in [3.63, 3.8) is 0 Å². The van der Waals surface area contributed by atoms with Crippen LogP contribution < -0.4 is 27.4 Å². The number of aromatic hydroxyl groups is 1. The van der Waals surface area contributed by atoms with Gasteiger partial charge in [0.25, 0.3) is 0 Å². The fourth-order valence-corrected chi connectivity index (χ4v) is 3.55. The van der Waals surface area contributed by atoms with Crippen LogP contribution in [0.3, 0.4) is 0 Å². The number of carbonyl (C=O) groups excluding carboxylic acids is 4. The van der Waals surface area contributed by atoms with Crippen molar-refractivity contribution in [2.24, 2.45) is 11.5 Å². The minimum Gasteiger partial charge on any atom is -0.508 e. The maximum absolute atomic E-state index is 13.0. The molecule has 36 heavy (non-hydrogen) atoms. The molecular weight excluding hydrogens is 494 g/mol. The van der Waals surface area contributed by atoms with Crippen molar-refractivity contribution in [3.8, 4) is 5.75 Å². The predicted molar refractivity (Wildman–Crippen MR) is 132 cm³/mol. The van der Waals surface area contributed by atoms with Gasteiger partial charge in [-0.2, -0.15) is 11.8 Å². The number of carbonyl (C=O) groups is 5. The molecule has 0 heterocycles. The number of rotatable bonds is 15. The molecule has 0 radical (unpaired) electrons. The number of hydrogen-bond donors (Lipinski definition) is 8. The first-order valence-corrected chi connectivity index (χ1v) is 12.4. The van der Waals surface area contributed by atoms with Crippen LogP contribution in [0.15, 0.2) is 24.3 Å². The summed E-state index contributed by atoms with van der Waals surface area (Å²) < 4.78 is 0. The van der Waals surface area contributed by atoms with E-state index in [4.69, 9.17) is 11.5 Å². The molecule has 0 saturated carbocycles. The fourth-order valence-electron chi connectivity index (χ4n) is 3.06. The van der Waals surface area contributed by atoms with E-state index in [-0.39, 0.29) is 12.2 Å². The number of nitrogens with two attached hydrogens (primary N) is 2. The Hall–Kier alpha value is -3.36. The molecular formula is C22H33N5O8S. The number of carboxylic acids is 1. The fraction of sp³-hybridized carbons (Fsp3) is 0.500. The molecule has 0 aliphatic rings. The molecule has 13 nitrogen and oxygen atoms in total. The summed E-state index contributed by atoms with van der Waals surface area (Å²) in [5, 5.41) is 35.4. The standard InChI is InChI=1S/C22H33N5O8S/c1-11(28)18(22(34)35)27-21(33)15(9-12-3-5-13(29)6-4-12)26-20(32)16(10-17(24)30)25-19(31)14(23)7-8-36-2/h3-6,11,14-16,18,28-29H,7-10,23H2,1-2H3,(H2,24,30)(H,25,31)(H,26,32)(H,27,33)(H,34,35). The monoisotopic (exact) mass is 527 g/mol. The van der Waals surface area contributed by atoms with Crippen molar-refractivity contribution in [1.82, 2.24) is 16.0 Å². The Morgan fingerprint density at radius 2 is 1.53 bits per heavy atom. The number of carboxylic acid groups (broad SMARTS) is 1. The molecule has 10 N–H and O–H groups in total. The maximum Gasteiger partial charge on any atom is 0.328 e. The molecule has 200 valence electrons. The second-order valence-electron chi connectivity index (χ2n) is 8.12. The normalized spacial score (nSPS) is 15.0. The summed E-state index contributed by atoms with van der Waals surface area (Å²) in [6.45, 7) is 1.17. The Morgan fingerprint density at radius 1 is 0.972 bits per heavy atom. The lowest BCUT2D eigenvalue weighted by molar-refractivity contribution is -0.145. The highest BCUT2D eigenvalue weighted by Crippen LogP contribution is 2.12. The van der Waals surface area contributed by atoms with Crippen LogP contribution in [0, 0.1) is 0 Å². The number of hydrogen-bond acceptors (Lipinski definition) is 9. The van der Waals surface area contributed by atoms with Gasteiger partial charge in [-0.3, -0.25) is 19.2 Å². The van der Waals surface area contributed by atoms with E-state index in [1.807, 2.05) is 6.26 Å². The number of aliphatic hydroxyl groups excluding tert-OH is 1. The third-order valence-corrected chi connectivity index (χ3v) is 5.71. The van der Waals surface area contributed by atoms with Gasteiger partial charge in [-0.1, -0.05) is 12.1 Å². The minimum atomic E-state index is -1.66. The third-order valence-electron chi connectivity index (χ3n) is 5.06. The zero-order chi connectivity index (χ0) is 27.4. The van der Waals surface area contributed by atoms with Gasteiger partial charge in [0.1, 0.15) is 17.8 Å².